The topological polar surface area (TPSA) is 20.3 Å². The number of amides is 1. The maximum absolute atomic E-state index is 12.6. The number of rotatable bonds is 2. The summed E-state index contributed by atoms with van der Waals surface area (Å²) in [5.41, 5.74) is 0.0590. The molecule has 1 atom stereocenters. The second-order valence-corrected chi connectivity index (χ2v) is 4.89. The Kier molecular flexibility index (Phi) is 2.86. The van der Waals surface area contributed by atoms with E-state index < -0.39 is 18.3 Å². The van der Waals surface area contributed by atoms with E-state index >= 15 is 0 Å². The SMILES string of the molecule is CN1C(=O)C(C)(CC(F)F)c2cc(Cl)ccc21. The van der Waals surface area contributed by atoms with Crippen LogP contribution in [0.5, 0.6) is 0 Å². The molecule has 0 bridgehead atoms. The molecule has 1 aliphatic heterocycles. The molecule has 5 heteroatoms. The van der Waals surface area contributed by atoms with Crippen molar-refractivity contribution in [3.8, 4) is 0 Å². The van der Waals surface area contributed by atoms with Crippen LogP contribution in [0.2, 0.25) is 5.02 Å². The highest BCUT2D eigenvalue weighted by Crippen LogP contribution is 2.45. The molecule has 1 aliphatic rings. The van der Waals surface area contributed by atoms with Crippen molar-refractivity contribution in [1.82, 2.24) is 0 Å². The monoisotopic (exact) mass is 259 g/mol. The van der Waals surface area contributed by atoms with Crippen LogP contribution >= 0.6 is 11.6 Å². The third-order valence-electron chi connectivity index (χ3n) is 3.25. The lowest BCUT2D eigenvalue weighted by Gasteiger charge is -2.22. The van der Waals surface area contributed by atoms with Gasteiger partial charge in [0, 0.05) is 24.2 Å². The van der Waals surface area contributed by atoms with Gasteiger partial charge < -0.3 is 4.90 Å². The zero-order chi connectivity index (χ0) is 12.8. The van der Waals surface area contributed by atoms with Gasteiger partial charge in [0.2, 0.25) is 12.3 Å². The molecule has 0 N–H and O–H groups in total. The van der Waals surface area contributed by atoms with Gasteiger partial charge in [0.1, 0.15) is 0 Å². The van der Waals surface area contributed by atoms with E-state index in [0.717, 1.165) is 0 Å². The number of carbonyl (C=O) groups excluding carboxylic acids is 1. The Morgan fingerprint density at radius 3 is 2.71 bits per heavy atom. The number of likely N-dealkylation sites (N-methyl/N-ethyl adjacent to an activating group) is 1. The normalized spacial score (nSPS) is 23.4. The quantitative estimate of drug-likeness (QED) is 0.799. The second kappa shape index (κ2) is 3.95. The fourth-order valence-electron chi connectivity index (χ4n) is 2.34. The molecule has 0 aromatic heterocycles. The van der Waals surface area contributed by atoms with Crippen molar-refractivity contribution in [2.75, 3.05) is 11.9 Å². The van der Waals surface area contributed by atoms with Crippen LogP contribution in [0.15, 0.2) is 18.2 Å². The number of hydrogen-bond donors (Lipinski definition) is 0. The predicted octanol–water partition coefficient (Wildman–Crippen LogP) is 3.23. The minimum Gasteiger partial charge on any atom is -0.314 e. The Labute approximate surface area is 103 Å². The summed E-state index contributed by atoms with van der Waals surface area (Å²) < 4.78 is 25.2. The van der Waals surface area contributed by atoms with Crippen LogP contribution in [-0.4, -0.2) is 19.4 Å². The van der Waals surface area contributed by atoms with Crippen LogP contribution in [0.4, 0.5) is 14.5 Å². The summed E-state index contributed by atoms with van der Waals surface area (Å²) in [6.07, 6.45) is -3.01. The smallest absolute Gasteiger partial charge is 0.240 e. The number of hydrogen-bond acceptors (Lipinski definition) is 1. The molecule has 0 spiro atoms. The van der Waals surface area contributed by atoms with E-state index in [-0.39, 0.29) is 5.91 Å². The zero-order valence-electron chi connectivity index (χ0n) is 9.51. The van der Waals surface area contributed by atoms with Gasteiger partial charge in [-0.05, 0) is 30.7 Å². The van der Waals surface area contributed by atoms with E-state index in [1.54, 1.807) is 32.2 Å². The molecule has 0 saturated heterocycles. The van der Waals surface area contributed by atoms with E-state index in [4.69, 9.17) is 11.6 Å². The first-order valence-electron chi connectivity index (χ1n) is 5.22. The Morgan fingerprint density at radius 2 is 2.12 bits per heavy atom. The largest absolute Gasteiger partial charge is 0.314 e. The number of nitrogens with zero attached hydrogens (tertiary/aromatic N) is 1. The van der Waals surface area contributed by atoms with Gasteiger partial charge in [0.15, 0.2) is 0 Å². The maximum atomic E-state index is 12.6. The van der Waals surface area contributed by atoms with Gasteiger partial charge in [-0.3, -0.25) is 4.79 Å². The summed E-state index contributed by atoms with van der Waals surface area (Å²) in [4.78, 5) is 13.5. The lowest BCUT2D eigenvalue weighted by molar-refractivity contribution is -0.123. The molecule has 1 amide bonds. The van der Waals surface area contributed by atoms with Crippen LogP contribution in [-0.2, 0) is 10.2 Å². The fourth-order valence-corrected chi connectivity index (χ4v) is 2.52. The maximum Gasteiger partial charge on any atom is 0.240 e. The van der Waals surface area contributed by atoms with Gasteiger partial charge in [-0.2, -0.15) is 0 Å². The Bertz CT molecular complexity index is 478. The first-order chi connectivity index (χ1) is 7.86. The molecule has 2 nitrogen and oxygen atoms in total. The Morgan fingerprint density at radius 1 is 1.47 bits per heavy atom. The van der Waals surface area contributed by atoms with E-state index in [0.29, 0.717) is 16.3 Å². The minimum absolute atomic E-state index is 0.310. The molecule has 0 aliphatic carbocycles. The number of anilines is 1. The molecule has 1 unspecified atom stereocenters. The molecular formula is C12H12ClF2NO. The van der Waals surface area contributed by atoms with Crippen LogP contribution in [0, 0.1) is 0 Å². The van der Waals surface area contributed by atoms with Gasteiger partial charge in [-0.1, -0.05) is 11.6 Å². The van der Waals surface area contributed by atoms with Gasteiger partial charge >= 0.3 is 0 Å². The fraction of sp³-hybridized carbons (Fsp3) is 0.417. The van der Waals surface area contributed by atoms with Gasteiger partial charge in [0.25, 0.3) is 0 Å². The molecule has 0 fully saturated rings. The summed E-state index contributed by atoms with van der Waals surface area (Å²) in [6, 6.07) is 4.94. The van der Waals surface area contributed by atoms with Crippen molar-refractivity contribution in [2.45, 2.75) is 25.2 Å². The standard InChI is InChI=1S/C12H12ClF2NO/c1-12(6-10(14)15)8-5-7(13)3-4-9(8)16(2)11(12)17/h3-5,10H,6H2,1-2H3. The summed E-state index contributed by atoms with van der Waals surface area (Å²) in [7, 11) is 1.59. The molecule has 0 radical (unpaired) electrons. The lowest BCUT2D eigenvalue weighted by Crippen LogP contribution is -2.37. The van der Waals surface area contributed by atoms with E-state index in [1.165, 1.54) is 4.90 Å². The third kappa shape index (κ3) is 1.80. The highest BCUT2D eigenvalue weighted by atomic mass is 35.5. The van der Waals surface area contributed by atoms with Crippen molar-refractivity contribution in [2.24, 2.45) is 0 Å². The Balaban J connectivity index is 2.56. The first-order valence-corrected chi connectivity index (χ1v) is 5.60. The number of halogens is 3. The van der Waals surface area contributed by atoms with Crippen molar-refractivity contribution in [1.29, 1.82) is 0 Å². The van der Waals surface area contributed by atoms with Crippen molar-refractivity contribution in [3.05, 3.63) is 28.8 Å². The van der Waals surface area contributed by atoms with Gasteiger partial charge in [-0.25, -0.2) is 8.78 Å². The second-order valence-electron chi connectivity index (χ2n) is 4.45. The average Bonchev–Trinajstić information content (AvgIpc) is 2.41. The highest BCUT2D eigenvalue weighted by molar-refractivity contribution is 6.31. The van der Waals surface area contributed by atoms with Crippen LogP contribution in [0.25, 0.3) is 0 Å². The third-order valence-corrected chi connectivity index (χ3v) is 3.49. The molecule has 1 heterocycles. The summed E-state index contributed by atoms with van der Waals surface area (Å²) in [5.74, 6) is -0.310. The molecule has 1 aromatic carbocycles. The average molecular weight is 260 g/mol. The Hall–Kier alpha value is -1.16. The minimum atomic E-state index is -2.53. The predicted molar refractivity (Wildman–Crippen MR) is 62.8 cm³/mol. The van der Waals surface area contributed by atoms with E-state index in [1.807, 2.05) is 0 Å². The van der Waals surface area contributed by atoms with Gasteiger partial charge in [-0.15, -0.1) is 0 Å². The zero-order valence-corrected chi connectivity index (χ0v) is 10.3. The lowest BCUT2D eigenvalue weighted by atomic mass is 9.81. The number of alkyl halides is 2. The molecule has 1 aromatic rings. The van der Waals surface area contributed by atoms with Gasteiger partial charge in [0.05, 0.1) is 5.41 Å². The number of benzene rings is 1. The number of fused-ring (bicyclic) bond motifs is 1. The summed E-state index contributed by atoms with van der Waals surface area (Å²) in [6.45, 7) is 1.54. The summed E-state index contributed by atoms with van der Waals surface area (Å²) >= 11 is 5.87. The molecule has 17 heavy (non-hydrogen) atoms. The molecule has 92 valence electrons. The first kappa shape index (κ1) is 12.3. The van der Waals surface area contributed by atoms with Crippen molar-refractivity contribution < 1.29 is 13.6 Å². The van der Waals surface area contributed by atoms with Crippen LogP contribution in [0.3, 0.4) is 0 Å². The van der Waals surface area contributed by atoms with Crippen LogP contribution < -0.4 is 4.90 Å². The summed E-state index contributed by atoms with van der Waals surface area (Å²) in [5, 5.41) is 0.451. The van der Waals surface area contributed by atoms with Crippen molar-refractivity contribution >= 4 is 23.2 Å². The van der Waals surface area contributed by atoms with E-state index in [9.17, 15) is 13.6 Å². The van der Waals surface area contributed by atoms with Crippen molar-refractivity contribution in [3.63, 3.8) is 0 Å². The molecule has 0 saturated carbocycles. The number of carbonyl (C=O) groups is 1. The highest BCUT2D eigenvalue weighted by Gasteiger charge is 2.47. The van der Waals surface area contributed by atoms with E-state index in [2.05, 4.69) is 0 Å². The van der Waals surface area contributed by atoms with Crippen LogP contribution in [0.1, 0.15) is 18.9 Å². The molecule has 2 rings (SSSR count). The molecular weight excluding hydrogens is 248 g/mol.